The molecule has 0 radical (unpaired) electrons. The number of aryl methyl sites for hydroxylation is 1. The second kappa shape index (κ2) is 8.15. The van der Waals surface area contributed by atoms with Crippen LogP contribution in [0.5, 0.6) is 0 Å². The van der Waals surface area contributed by atoms with E-state index in [1.54, 1.807) is 25.1 Å². The van der Waals surface area contributed by atoms with Crippen molar-refractivity contribution in [2.45, 2.75) is 13.5 Å². The summed E-state index contributed by atoms with van der Waals surface area (Å²) < 4.78 is 33.8. The highest BCUT2D eigenvalue weighted by Crippen LogP contribution is 2.25. The van der Waals surface area contributed by atoms with Gasteiger partial charge in [-0.3, -0.25) is 4.79 Å². The highest BCUT2D eigenvalue weighted by atomic mass is 35.5. The van der Waals surface area contributed by atoms with Gasteiger partial charge in [0.15, 0.2) is 11.5 Å². The summed E-state index contributed by atoms with van der Waals surface area (Å²) >= 11 is 6.01. The zero-order chi connectivity index (χ0) is 22.1. The number of nitrogens with one attached hydrogen (secondary N) is 1. The van der Waals surface area contributed by atoms with Gasteiger partial charge in [-0.1, -0.05) is 22.9 Å². The molecule has 0 saturated heterocycles. The zero-order valence-corrected chi connectivity index (χ0v) is 16.8. The van der Waals surface area contributed by atoms with Gasteiger partial charge in [0, 0.05) is 16.7 Å². The van der Waals surface area contributed by atoms with Crippen molar-refractivity contribution in [3.05, 3.63) is 76.3 Å². The van der Waals surface area contributed by atoms with Crippen molar-refractivity contribution in [2.24, 2.45) is 0 Å². The SMILES string of the molecule is Cc1oc(-c2cccc(Cl)c2)nc1Cn1nnc(C(=O)Nc2ccc(F)cc2F)c1N. The van der Waals surface area contributed by atoms with E-state index >= 15 is 0 Å². The lowest BCUT2D eigenvalue weighted by molar-refractivity contribution is 0.102. The van der Waals surface area contributed by atoms with E-state index in [9.17, 15) is 13.6 Å². The molecule has 3 N–H and O–H groups in total. The van der Waals surface area contributed by atoms with Gasteiger partial charge in [0.1, 0.15) is 23.1 Å². The van der Waals surface area contributed by atoms with E-state index in [2.05, 4.69) is 20.6 Å². The summed E-state index contributed by atoms with van der Waals surface area (Å²) in [6, 6.07) is 9.81. The average Bonchev–Trinajstić information content (AvgIpc) is 3.27. The Balaban J connectivity index is 1.54. The van der Waals surface area contributed by atoms with Gasteiger partial charge in [0.25, 0.3) is 5.91 Å². The number of benzene rings is 2. The third-order valence-corrected chi connectivity index (χ3v) is 4.67. The molecule has 0 bridgehead atoms. The minimum absolute atomic E-state index is 0.0493. The fraction of sp³-hybridized carbons (Fsp3) is 0.100. The van der Waals surface area contributed by atoms with Crippen molar-refractivity contribution in [1.29, 1.82) is 0 Å². The Bertz CT molecular complexity index is 1290. The topological polar surface area (TPSA) is 112 Å². The van der Waals surface area contributed by atoms with Crippen molar-refractivity contribution < 1.29 is 18.0 Å². The molecule has 4 aromatic rings. The van der Waals surface area contributed by atoms with Gasteiger partial charge < -0.3 is 15.5 Å². The number of nitrogens with two attached hydrogens (primary N) is 1. The normalized spacial score (nSPS) is 11.0. The third kappa shape index (κ3) is 4.24. The Labute approximate surface area is 179 Å². The standard InChI is InChI=1S/C20H15ClF2N6O2/c1-10-16(26-20(31-10)11-3-2-4-12(21)7-11)9-29-18(24)17(27-28-29)19(30)25-15-6-5-13(22)8-14(15)23/h2-8H,9,24H2,1H3,(H,25,30). The number of halogens is 3. The zero-order valence-electron chi connectivity index (χ0n) is 16.1. The Morgan fingerprint density at radius 1 is 1.26 bits per heavy atom. The molecule has 0 aliphatic rings. The second-order valence-corrected chi connectivity index (χ2v) is 7.03. The molecule has 158 valence electrons. The monoisotopic (exact) mass is 444 g/mol. The van der Waals surface area contributed by atoms with Crippen molar-refractivity contribution in [2.75, 3.05) is 11.1 Å². The summed E-state index contributed by atoms with van der Waals surface area (Å²) in [5.74, 6) is -1.62. The molecule has 8 nitrogen and oxygen atoms in total. The smallest absolute Gasteiger partial charge is 0.280 e. The van der Waals surface area contributed by atoms with Crippen LogP contribution in [0.1, 0.15) is 21.9 Å². The molecule has 0 atom stereocenters. The summed E-state index contributed by atoms with van der Waals surface area (Å²) in [6.45, 7) is 1.82. The van der Waals surface area contributed by atoms with Crippen molar-refractivity contribution in [3.63, 3.8) is 0 Å². The van der Waals surface area contributed by atoms with Crippen LogP contribution in [-0.4, -0.2) is 25.9 Å². The molecule has 0 aliphatic carbocycles. The number of hydrogen-bond donors (Lipinski definition) is 2. The highest BCUT2D eigenvalue weighted by molar-refractivity contribution is 6.30. The first-order valence-electron chi connectivity index (χ1n) is 8.99. The van der Waals surface area contributed by atoms with Gasteiger partial charge >= 0.3 is 0 Å². The molecular formula is C20H15ClF2N6O2. The van der Waals surface area contributed by atoms with Crippen LogP contribution in [0.25, 0.3) is 11.5 Å². The van der Waals surface area contributed by atoms with E-state index in [1.165, 1.54) is 4.68 Å². The number of nitrogen functional groups attached to an aromatic ring is 1. The molecule has 4 rings (SSSR count). The average molecular weight is 445 g/mol. The summed E-state index contributed by atoms with van der Waals surface area (Å²) in [5, 5.41) is 10.5. The summed E-state index contributed by atoms with van der Waals surface area (Å²) in [4.78, 5) is 16.9. The Morgan fingerprint density at radius 2 is 2.06 bits per heavy atom. The maximum atomic E-state index is 13.8. The molecule has 0 unspecified atom stereocenters. The minimum Gasteiger partial charge on any atom is -0.441 e. The van der Waals surface area contributed by atoms with Gasteiger partial charge in [-0.25, -0.2) is 18.4 Å². The summed E-state index contributed by atoms with van der Waals surface area (Å²) in [6.07, 6.45) is 0. The van der Waals surface area contributed by atoms with Crippen molar-refractivity contribution >= 4 is 29.0 Å². The minimum atomic E-state index is -0.925. The highest BCUT2D eigenvalue weighted by Gasteiger charge is 2.21. The Morgan fingerprint density at radius 3 is 2.81 bits per heavy atom. The van der Waals surface area contributed by atoms with Gasteiger partial charge in [-0.15, -0.1) is 5.10 Å². The molecule has 31 heavy (non-hydrogen) atoms. The molecule has 0 spiro atoms. The predicted molar refractivity (Wildman–Crippen MR) is 110 cm³/mol. The first kappa shape index (κ1) is 20.5. The quantitative estimate of drug-likeness (QED) is 0.480. The number of aromatic nitrogens is 4. The number of carbonyl (C=O) groups excluding carboxylic acids is 1. The number of carbonyl (C=O) groups is 1. The molecule has 2 heterocycles. The second-order valence-electron chi connectivity index (χ2n) is 6.59. The van der Waals surface area contributed by atoms with Gasteiger partial charge in [0.05, 0.1) is 12.2 Å². The number of amides is 1. The van der Waals surface area contributed by atoms with Crippen LogP contribution in [0.3, 0.4) is 0 Å². The number of rotatable bonds is 5. The van der Waals surface area contributed by atoms with Crippen LogP contribution < -0.4 is 11.1 Å². The summed E-state index contributed by atoms with van der Waals surface area (Å²) in [7, 11) is 0. The van der Waals surface area contributed by atoms with Crippen molar-refractivity contribution in [3.8, 4) is 11.5 Å². The maximum absolute atomic E-state index is 13.8. The molecule has 0 aliphatic heterocycles. The van der Waals surface area contributed by atoms with E-state index in [-0.39, 0.29) is 23.7 Å². The van der Waals surface area contributed by atoms with Crippen LogP contribution in [0.15, 0.2) is 46.9 Å². The van der Waals surface area contributed by atoms with Crippen LogP contribution in [-0.2, 0) is 6.54 Å². The lowest BCUT2D eigenvalue weighted by Crippen LogP contribution is -2.16. The van der Waals surface area contributed by atoms with E-state index in [1.807, 2.05) is 6.07 Å². The molecule has 2 aromatic carbocycles. The van der Waals surface area contributed by atoms with E-state index in [4.69, 9.17) is 21.8 Å². The lowest BCUT2D eigenvalue weighted by atomic mass is 10.2. The van der Waals surface area contributed by atoms with E-state index in [0.717, 1.165) is 12.1 Å². The van der Waals surface area contributed by atoms with Gasteiger partial charge in [0.2, 0.25) is 5.89 Å². The first-order chi connectivity index (χ1) is 14.8. The molecule has 0 fully saturated rings. The molecule has 1 amide bonds. The maximum Gasteiger partial charge on any atom is 0.280 e. The summed E-state index contributed by atoms with van der Waals surface area (Å²) in [5.41, 5.74) is 6.82. The number of oxazole rings is 1. The molecule has 11 heteroatoms. The molecule has 0 saturated carbocycles. The fourth-order valence-corrected chi connectivity index (χ4v) is 3.02. The Kier molecular flexibility index (Phi) is 5.38. The number of nitrogens with zero attached hydrogens (tertiary/aromatic N) is 4. The van der Waals surface area contributed by atoms with Crippen LogP contribution in [0.2, 0.25) is 5.02 Å². The number of hydrogen-bond acceptors (Lipinski definition) is 6. The molecular weight excluding hydrogens is 430 g/mol. The van der Waals surface area contributed by atoms with Gasteiger partial charge in [-0.05, 0) is 37.3 Å². The van der Waals surface area contributed by atoms with Crippen LogP contribution in [0.4, 0.5) is 20.3 Å². The third-order valence-electron chi connectivity index (χ3n) is 4.43. The van der Waals surface area contributed by atoms with Gasteiger partial charge in [-0.2, -0.15) is 0 Å². The fourth-order valence-electron chi connectivity index (χ4n) is 2.83. The lowest BCUT2D eigenvalue weighted by Gasteiger charge is -2.05. The molecule has 2 aromatic heterocycles. The first-order valence-corrected chi connectivity index (χ1v) is 9.37. The van der Waals surface area contributed by atoms with Crippen LogP contribution >= 0.6 is 11.6 Å². The van der Waals surface area contributed by atoms with E-state index in [0.29, 0.717) is 34.0 Å². The van der Waals surface area contributed by atoms with Crippen molar-refractivity contribution in [1.82, 2.24) is 20.0 Å². The number of anilines is 2. The largest absolute Gasteiger partial charge is 0.441 e. The van der Waals surface area contributed by atoms with Crippen LogP contribution in [0, 0.1) is 18.6 Å². The predicted octanol–water partition coefficient (Wildman–Crippen LogP) is 4.06. The Hall–Kier alpha value is -3.79. The van der Waals surface area contributed by atoms with E-state index < -0.39 is 17.5 Å².